The van der Waals surface area contributed by atoms with Crippen molar-refractivity contribution < 1.29 is 32.1 Å². The first-order valence-corrected chi connectivity index (χ1v) is 20.1. The summed E-state index contributed by atoms with van der Waals surface area (Å²) in [6.07, 6.45) is 0. The van der Waals surface area contributed by atoms with Gasteiger partial charge in [-0.2, -0.15) is 8.42 Å². The number of carbonyl (C=O) groups is 4. The fourth-order valence-corrected chi connectivity index (χ4v) is 10.6. The van der Waals surface area contributed by atoms with E-state index in [0.717, 1.165) is 86.7 Å². The summed E-state index contributed by atoms with van der Waals surface area (Å²) in [5.74, 6) is -1.90. The van der Waals surface area contributed by atoms with E-state index in [0.29, 0.717) is 38.7 Å². The Labute approximate surface area is 328 Å². The lowest BCUT2D eigenvalue weighted by Crippen LogP contribution is -2.41. The van der Waals surface area contributed by atoms with Crippen molar-refractivity contribution >= 4 is 121 Å². The zero-order valence-corrected chi connectivity index (χ0v) is 31.5. The molecule has 2 heterocycles. The number of carbonyl (C=O) groups excluding carboxylic acids is 4. The van der Waals surface area contributed by atoms with E-state index in [2.05, 4.69) is 24.3 Å². The fourth-order valence-electron chi connectivity index (χ4n) is 10.0. The van der Waals surface area contributed by atoms with Gasteiger partial charge >= 0.3 is 0 Å². The van der Waals surface area contributed by atoms with E-state index in [1.165, 1.54) is 23.1 Å². The topological polar surface area (TPSA) is 129 Å². The minimum Gasteiger partial charge on any atom is -0.282 e. The van der Waals surface area contributed by atoms with Gasteiger partial charge in [0.2, 0.25) is 0 Å². The van der Waals surface area contributed by atoms with Crippen LogP contribution in [0.2, 0.25) is 0 Å². The highest BCUT2D eigenvalue weighted by molar-refractivity contribution is 7.85. The Morgan fingerprint density at radius 3 is 1.12 bits per heavy atom. The Bertz CT molecular complexity index is 3590. The highest BCUT2D eigenvalue weighted by Crippen LogP contribution is 2.50. The maximum Gasteiger partial charge on any atom is 0.294 e. The van der Waals surface area contributed by atoms with E-state index in [-0.39, 0.29) is 17.5 Å². The summed E-state index contributed by atoms with van der Waals surface area (Å²) in [5.41, 5.74) is 3.89. The van der Waals surface area contributed by atoms with Crippen molar-refractivity contribution in [2.45, 2.75) is 18.7 Å². The molecule has 9 nitrogen and oxygen atoms in total. The molecule has 0 bridgehead atoms. The van der Waals surface area contributed by atoms with Gasteiger partial charge in [-0.3, -0.25) is 23.7 Å². The molecule has 0 aliphatic carbocycles. The second kappa shape index (κ2) is 10.8. The van der Waals surface area contributed by atoms with Gasteiger partial charge in [-0.25, -0.2) is 9.80 Å². The number of hydrogen-bond acceptors (Lipinski definition) is 6. The van der Waals surface area contributed by atoms with E-state index < -0.39 is 26.8 Å². The SMILES string of the molecule is Cc1cccc(C)c1N1C(=O)c2ccc3c4ccc5c6ccc7c8c(ccc(c9ccc(c%10ccc(c2c3%10)C1=O)c4c59)c86)C(=O)N(c1cccc(S(=O)(=O)O)c1)C7=O. The van der Waals surface area contributed by atoms with Crippen LogP contribution in [0.25, 0.3) is 75.4 Å². The van der Waals surface area contributed by atoms with Gasteiger partial charge in [0.15, 0.2) is 0 Å². The summed E-state index contributed by atoms with van der Waals surface area (Å²) in [6, 6.07) is 34.0. The molecule has 0 atom stereocenters. The molecule has 1 N–H and O–H groups in total. The van der Waals surface area contributed by atoms with Crippen molar-refractivity contribution in [3.8, 4) is 0 Å². The molecule has 0 saturated heterocycles. The van der Waals surface area contributed by atoms with Crippen LogP contribution in [0.5, 0.6) is 0 Å². The summed E-state index contributed by atoms with van der Waals surface area (Å²) < 4.78 is 33.5. The minimum atomic E-state index is -4.58. The quantitative estimate of drug-likeness (QED) is 0.0819. The Hall–Kier alpha value is -7.27. The Balaban J connectivity index is 1.10. The molecule has 0 radical (unpaired) electrons. The van der Waals surface area contributed by atoms with Crippen molar-refractivity contribution in [2.24, 2.45) is 0 Å². The molecule has 0 fully saturated rings. The summed E-state index contributed by atoms with van der Waals surface area (Å²) in [7, 11) is -4.58. The second-order valence-electron chi connectivity index (χ2n) is 15.3. The van der Waals surface area contributed by atoms with Crippen molar-refractivity contribution in [1.82, 2.24) is 0 Å². The lowest BCUT2D eigenvalue weighted by Gasteiger charge is -2.30. The molecular formula is C48H26N2O7S. The number of anilines is 2. The molecule has 4 amide bonds. The Morgan fingerprint density at radius 2 is 0.741 bits per heavy atom. The van der Waals surface area contributed by atoms with Crippen LogP contribution < -0.4 is 9.80 Å². The summed E-state index contributed by atoms with van der Waals surface area (Å²) in [4.78, 5) is 58.8. The van der Waals surface area contributed by atoms with Crippen LogP contribution in [0.15, 0.2) is 120 Å². The van der Waals surface area contributed by atoms with Gasteiger partial charge in [-0.05, 0) is 132 Å². The highest BCUT2D eigenvalue weighted by atomic mass is 32.2. The monoisotopic (exact) mass is 774 g/mol. The first-order valence-electron chi connectivity index (χ1n) is 18.7. The number of para-hydroxylation sites is 1. The number of fused-ring (bicyclic) bond motifs is 4. The van der Waals surface area contributed by atoms with Crippen LogP contribution in [0.1, 0.15) is 52.6 Å². The first-order chi connectivity index (χ1) is 27.9. The molecule has 2 aliphatic heterocycles. The van der Waals surface area contributed by atoms with Crippen LogP contribution >= 0.6 is 0 Å². The molecule has 10 heteroatoms. The van der Waals surface area contributed by atoms with E-state index in [4.69, 9.17) is 0 Å². The maximum atomic E-state index is 14.3. The smallest absolute Gasteiger partial charge is 0.282 e. The third kappa shape index (κ3) is 3.90. The molecule has 12 rings (SSSR count). The number of amides is 4. The number of benzene rings is 10. The summed E-state index contributed by atoms with van der Waals surface area (Å²) >= 11 is 0. The van der Waals surface area contributed by atoms with Crippen molar-refractivity contribution in [1.29, 1.82) is 0 Å². The predicted molar refractivity (Wildman–Crippen MR) is 226 cm³/mol. The van der Waals surface area contributed by atoms with Gasteiger partial charge in [-0.1, -0.05) is 72.8 Å². The number of imide groups is 2. The number of nitrogens with zero attached hydrogens (tertiary/aromatic N) is 2. The average Bonchev–Trinajstić information content (AvgIpc) is 3.21. The third-order valence-electron chi connectivity index (χ3n) is 12.4. The maximum absolute atomic E-state index is 14.3. The molecule has 0 unspecified atom stereocenters. The minimum absolute atomic E-state index is 0.0294. The fraction of sp³-hybridized carbons (Fsp3) is 0.0417. The first kappa shape index (κ1) is 32.9. The standard InChI is InChI=1S/C48H26N2O7S/c1-22-5-3-6-23(2)44(22)50-47(53)36-19-15-32-28-11-9-26-30-13-17-34-42-35(46(52)49(45(34)51)24-7-4-8-25(21-24)58(55,56)57)18-14-31(40(30)42)27-10-12-29(39(28)38(26)27)33-16-20-37(48(50)54)43(36)41(32)33/h3-21H,1-2H3,(H,55,56,57). The van der Waals surface area contributed by atoms with Crippen molar-refractivity contribution in [3.63, 3.8) is 0 Å². The number of aryl methyl sites for hydroxylation is 2. The van der Waals surface area contributed by atoms with Gasteiger partial charge in [0.1, 0.15) is 0 Å². The largest absolute Gasteiger partial charge is 0.294 e. The Morgan fingerprint density at radius 1 is 0.414 bits per heavy atom. The van der Waals surface area contributed by atoms with E-state index >= 15 is 0 Å². The lowest BCUT2D eigenvalue weighted by molar-refractivity contribution is 0.0877. The van der Waals surface area contributed by atoms with Gasteiger partial charge < -0.3 is 0 Å². The van der Waals surface area contributed by atoms with Gasteiger partial charge in [0.05, 0.1) is 16.3 Å². The Kier molecular flexibility index (Phi) is 6.11. The lowest BCUT2D eigenvalue weighted by atomic mass is 9.80. The number of rotatable bonds is 3. The molecule has 58 heavy (non-hydrogen) atoms. The zero-order valence-electron chi connectivity index (χ0n) is 30.7. The molecule has 2 aliphatic rings. The molecule has 0 saturated carbocycles. The van der Waals surface area contributed by atoms with Crippen LogP contribution in [-0.4, -0.2) is 36.6 Å². The van der Waals surface area contributed by atoms with Crippen LogP contribution in [0, 0.1) is 13.8 Å². The summed E-state index contributed by atoms with van der Waals surface area (Å²) in [5, 5.41) is 12.3. The van der Waals surface area contributed by atoms with Crippen LogP contribution in [-0.2, 0) is 10.1 Å². The molecule has 10 aromatic rings. The van der Waals surface area contributed by atoms with Gasteiger partial charge in [-0.15, -0.1) is 0 Å². The average molecular weight is 775 g/mol. The zero-order chi connectivity index (χ0) is 39.7. The third-order valence-corrected chi connectivity index (χ3v) is 13.3. The molecule has 276 valence electrons. The highest BCUT2D eigenvalue weighted by Gasteiger charge is 2.38. The molecule has 0 spiro atoms. The normalized spacial score (nSPS) is 14.7. The van der Waals surface area contributed by atoms with Crippen molar-refractivity contribution in [2.75, 3.05) is 9.80 Å². The van der Waals surface area contributed by atoms with E-state index in [1.54, 1.807) is 12.1 Å². The van der Waals surface area contributed by atoms with Gasteiger partial charge in [0, 0.05) is 33.0 Å². The van der Waals surface area contributed by atoms with E-state index in [9.17, 15) is 32.1 Å². The molecular weight excluding hydrogens is 749 g/mol. The van der Waals surface area contributed by atoms with Crippen LogP contribution in [0.4, 0.5) is 11.4 Å². The van der Waals surface area contributed by atoms with Crippen LogP contribution in [0.3, 0.4) is 0 Å². The molecule has 0 aromatic heterocycles. The second-order valence-corrected chi connectivity index (χ2v) is 16.7. The summed E-state index contributed by atoms with van der Waals surface area (Å²) in [6.45, 7) is 3.81. The van der Waals surface area contributed by atoms with Gasteiger partial charge in [0.25, 0.3) is 33.7 Å². The van der Waals surface area contributed by atoms with E-state index in [1.807, 2.05) is 68.4 Å². The predicted octanol–water partition coefficient (Wildman–Crippen LogP) is 10.1. The molecule has 10 aromatic carbocycles. The number of hydrogen-bond donors (Lipinski definition) is 1. The van der Waals surface area contributed by atoms with Crippen molar-refractivity contribution in [3.05, 3.63) is 149 Å².